The number of unbranched alkanes of at least 4 members (excludes halogenated alkanes) is 10. The Labute approximate surface area is 339 Å². The number of carbonyl (C=O) groups excluding carboxylic acids is 2. The highest BCUT2D eigenvalue weighted by molar-refractivity contribution is 7.47. The lowest BCUT2D eigenvalue weighted by atomic mass is 10.1. The lowest BCUT2D eigenvalue weighted by molar-refractivity contribution is -0.161. The SMILES string of the molecule is CC/C=C\C/C=C\C/C=C\C/C=C\CCCCCCC(=O)OC[C@H](COP(=O)(O)OCCN)OC(=O)CCCC(O)/C=C/C=C/C/C=C/CCCCCCCC. The summed E-state index contributed by atoms with van der Waals surface area (Å²) in [5.41, 5.74) is 5.33. The van der Waals surface area contributed by atoms with Crippen molar-refractivity contribution in [2.24, 2.45) is 5.73 Å². The van der Waals surface area contributed by atoms with Gasteiger partial charge in [0.05, 0.1) is 19.3 Å². The molecule has 0 spiro atoms. The van der Waals surface area contributed by atoms with Gasteiger partial charge in [-0.15, -0.1) is 0 Å². The van der Waals surface area contributed by atoms with Crippen LogP contribution in [0.4, 0.5) is 0 Å². The first-order valence-corrected chi connectivity index (χ1v) is 22.7. The lowest BCUT2D eigenvalue weighted by Crippen LogP contribution is -2.29. The molecule has 0 radical (unpaired) electrons. The Morgan fingerprint density at radius 2 is 1.20 bits per heavy atom. The molecule has 0 aliphatic rings. The standard InChI is InChI=1S/C45H76NO9P/c1-3-5-7-9-11-13-15-17-18-19-20-22-24-26-28-30-32-36-44(48)52-40-43(41-54-56(50,51)53-39-38-46)55-45(49)37-33-35-42(47)34-31-29-27-25-23-21-16-14-12-10-8-6-4-2/h5,7,11,13,17-18,20-23,27,29,31,34,42-43,47H,3-4,6,8-10,12,14-16,19,24-26,28,30,32-33,35-41,46H2,1-2H3,(H,50,51)/b7-5-,13-11-,18-17-,22-20-,23-21+,29-27+,34-31+/t42?,43-/m1/s1. The molecular formula is C45H76NO9P. The van der Waals surface area contributed by atoms with E-state index in [1.165, 1.54) is 38.5 Å². The quantitative estimate of drug-likeness (QED) is 0.0180. The van der Waals surface area contributed by atoms with Gasteiger partial charge in [0.25, 0.3) is 0 Å². The number of hydrogen-bond donors (Lipinski definition) is 3. The molecule has 56 heavy (non-hydrogen) atoms. The van der Waals surface area contributed by atoms with E-state index in [1.54, 1.807) is 12.2 Å². The summed E-state index contributed by atoms with van der Waals surface area (Å²) in [7, 11) is -4.44. The molecular weight excluding hydrogens is 729 g/mol. The Bertz CT molecular complexity index is 1210. The van der Waals surface area contributed by atoms with Gasteiger partial charge in [0.2, 0.25) is 0 Å². The van der Waals surface area contributed by atoms with E-state index in [4.69, 9.17) is 24.3 Å². The smallest absolute Gasteiger partial charge is 0.462 e. The van der Waals surface area contributed by atoms with Crippen molar-refractivity contribution in [3.05, 3.63) is 85.1 Å². The average Bonchev–Trinajstić information content (AvgIpc) is 3.18. The molecule has 0 aromatic heterocycles. The molecule has 11 heteroatoms. The van der Waals surface area contributed by atoms with Gasteiger partial charge in [0, 0.05) is 19.4 Å². The molecule has 0 aliphatic carbocycles. The van der Waals surface area contributed by atoms with Crippen LogP contribution in [0.2, 0.25) is 0 Å². The highest BCUT2D eigenvalue weighted by Gasteiger charge is 2.26. The first-order chi connectivity index (χ1) is 27.2. The molecule has 320 valence electrons. The molecule has 0 bridgehead atoms. The van der Waals surface area contributed by atoms with Gasteiger partial charge < -0.3 is 25.2 Å². The molecule has 0 saturated carbocycles. The van der Waals surface area contributed by atoms with E-state index < -0.39 is 38.6 Å². The van der Waals surface area contributed by atoms with Crippen molar-refractivity contribution < 1.29 is 42.7 Å². The third-order valence-corrected chi connectivity index (χ3v) is 9.35. The van der Waals surface area contributed by atoms with Gasteiger partial charge in [-0.05, 0) is 77.0 Å². The summed E-state index contributed by atoms with van der Waals surface area (Å²) >= 11 is 0. The second-order valence-electron chi connectivity index (χ2n) is 13.7. The number of allylic oxidation sites excluding steroid dienone is 13. The number of phosphoric ester groups is 1. The number of rotatable bonds is 38. The fourth-order valence-corrected chi connectivity index (χ4v) is 5.99. The Morgan fingerprint density at radius 1 is 0.643 bits per heavy atom. The van der Waals surface area contributed by atoms with Crippen LogP contribution < -0.4 is 5.73 Å². The highest BCUT2D eigenvalue weighted by atomic mass is 31.2. The highest BCUT2D eigenvalue weighted by Crippen LogP contribution is 2.43. The van der Waals surface area contributed by atoms with E-state index in [-0.39, 0.29) is 32.6 Å². The number of carbonyl (C=O) groups is 2. The number of nitrogens with two attached hydrogens (primary N) is 1. The number of phosphoric acid groups is 1. The third kappa shape index (κ3) is 39.4. The Morgan fingerprint density at radius 3 is 1.82 bits per heavy atom. The fraction of sp³-hybridized carbons (Fsp3) is 0.644. The number of esters is 2. The van der Waals surface area contributed by atoms with Crippen molar-refractivity contribution in [3.8, 4) is 0 Å². The van der Waals surface area contributed by atoms with Crippen LogP contribution in [0, 0.1) is 0 Å². The van der Waals surface area contributed by atoms with Crippen LogP contribution in [0.15, 0.2) is 85.1 Å². The van der Waals surface area contributed by atoms with Crippen LogP contribution in [-0.2, 0) is 32.7 Å². The maximum absolute atomic E-state index is 12.6. The van der Waals surface area contributed by atoms with Gasteiger partial charge in [-0.25, -0.2) is 4.57 Å². The monoisotopic (exact) mass is 806 g/mol. The van der Waals surface area contributed by atoms with Crippen molar-refractivity contribution in [2.75, 3.05) is 26.4 Å². The zero-order chi connectivity index (χ0) is 41.2. The minimum Gasteiger partial charge on any atom is -0.462 e. The molecule has 10 nitrogen and oxygen atoms in total. The summed E-state index contributed by atoms with van der Waals surface area (Å²) in [5, 5.41) is 10.3. The third-order valence-electron chi connectivity index (χ3n) is 8.37. The summed E-state index contributed by atoms with van der Waals surface area (Å²) in [6.45, 7) is 3.34. The minimum atomic E-state index is -4.44. The minimum absolute atomic E-state index is 0.00401. The Kier molecular flexibility index (Phi) is 38.3. The summed E-state index contributed by atoms with van der Waals surface area (Å²) in [6, 6.07) is 0. The van der Waals surface area contributed by atoms with Crippen molar-refractivity contribution in [1.82, 2.24) is 0 Å². The summed E-state index contributed by atoms with van der Waals surface area (Å²) in [5.74, 6) is -1.06. The molecule has 2 unspecified atom stereocenters. The van der Waals surface area contributed by atoms with Crippen LogP contribution >= 0.6 is 7.82 Å². The topological polar surface area (TPSA) is 155 Å². The first-order valence-electron chi connectivity index (χ1n) is 21.2. The molecule has 0 heterocycles. The Hall–Kier alpha value is -2.85. The van der Waals surface area contributed by atoms with Crippen LogP contribution in [0.1, 0.15) is 149 Å². The van der Waals surface area contributed by atoms with Crippen LogP contribution in [0.25, 0.3) is 0 Å². The zero-order valence-corrected chi connectivity index (χ0v) is 35.6. The number of hydrogen-bond acceptors (Lipinski definition) is 9. The normalized spacial score (nSPS) is 14.7. The van der Waals surface area contributed by atoms with Gasteiger partial charge in [0.15, 0.2) is 6.10 Å². The lowest BCUT2D eigenvalue weighted by Gasteiger charge is -2.20. The summed E-state index contributed by atoms with van der Waals surface area (Å²) in [4.78, 5) is 34.9. The molecule has 0 saturated heterocycles. The molecule has 0 rings (SSSR count). The zero-order valence-electron chi connectivity index (χ0n) is 34.7. The number of aliphatic hydroxyl groups excluding tert-OH is 1. The predicted octanol–water partition coefficient (Wildman–Crippen LogP) is 11.0. The summed E-state index contributed by atoms with van der Waals surface area (Å²) in [6.07, 6.45) is 46.4. The largest absolute Gasteiger partial charge is 0.472 e. The predicted molar refractivity (Wildman–Crippen MR) is 230 cm³/mol. The summed E-state index contributed by atoms with van der Waals surface area (Å²) < 4.78 is 32.6. The van der Waals surface area contributed by atoms with Crippen LogP contribution in [0.3, 0.4) is 0 Å². The van der Waals surface area contributed by atoms with Crippen molar-refractivity contribution >= 4 is 19.8 Å². The second kappa shape index (κ2) is 40.4. The van der Waals surface area contributed by atoms with Gasteiger partial charge >= 0.3 is 19.8 Å². The van der Waals surface area contributed by atoms with Crippen molar-refractivity contribution in [2.45, 2.75) is 161 Å². The van der Waals surface area contributed by atoms with E-state index in [1.807, 2.05) is 12.2 Å². The van der Waals surface area contributed by atoms with Crippen molar-refractivity contribution in [1.29, 1.82) is 0 Å². The van der Waals surface area contributed by atoms with E-state index in [9.17, 15) is 24.2 Å². The molecule has 0 fully saturated rings. The van der Waals surface area contributed by atoms with Gasteiger partial charge in [-0.3, -0.25) is 18.6 Å². The van der Waals surface area contributed by atoms with E-state index in [0.29, 0.717) is 19.3 Å². The van der Waals surface area contributed by atoms with E-state index >= 15 is 0 Å². The van der Waals surface area contributed by atoms with Gasteiger partial charge in [0.1, 0.15) is 6.61 Å². The van der Waals surface area contributed by atoms with Gasteiger partial charge in [-0.1, -0.05) is 144 Å². The maximum Gasteiger partial charge on any atom is 0.472 e. The molecule has 3 atom stereocenters. The average molecular weight is 806 g/mol. The maximum atomic E-state index is 12.6. The fourth-order valence-electron chi connectivity index (χ4n) is 5.22. The molecule has 0 aromatic rings. The van der Waals surface area contributed by atoms with Crippen molar-refractivity contribution in [3.63, 3.8) is 0 Å². The molecule has 0 amide bonds. The Balaban J connectivity index is 4.42. The van der Waals surface area contributed by atoms with Crippen LogP contribution in [0.5, 0.6) is 0 Å². The molecule has 0 aromatic carbocycles. The molecule has 4 N–H and O–H groups in total. The van der Waals surface area contributed by atoms with Gasteiger partial charge in [-0.2, -0.15) is 0 Å². The van der Waals surface area contributed by atoms with E-state index in [2.05, 4.69) is 74.6 Å². The first kappa shape index (κ1) is 53.1. The number of ether oxygens (including phenoxy) is 2. The second-order valence-corrected chi connectivity index (χ2v) is 15.1. The molecule has 0 aliphatic heterocycles. The number of aliphatic hydroxyl groups is 1. The van der Waals surface area contributed by atoms with Crippen LogP contribution in [-0.4, -0.2) is 60.5 Å². The van der Waals surface area contributed by atoms with E-state index in [0.717, 1.165) is 64.2 Å².